The molecule has 0 amide bonds. The first-order valence-electron chi connectivity index (χ1n) is 3.99. The van der Waals surface area contributed by atoms with E-state index in [0.717, 1.165) is 5.56 Å². The smallest absolute Gasteiger partial charge is 0.198 e. The van der Waals surface area contributed by atoms with Crippen LogP contribution >= 0.6 is 0 Å². The Balaban J connectivity index is 2.78. The third-order valence-corrected chi connectivity index (χ3v) is 1.79. The highest BCUT2D eigenvalue weighted by Crippen LogP contribution is 2.23. The Morgan fingerprint density at radius 2 is 2.31 bits per heavy atom. The predicted molar refractivity (Wildman–Crippen MR) is 48.7 cm³/mol. The molecule has 0 bridgehead atoms. The van der Waals surface area contributed by atoms with Gasteiger partial charge in [0.05, 0.1) is 7.11 Å². The summed E-state index contributed by atoms with van der Waals surface area (Å²) in [5.74, 6) is 0.769. The summed E-state index contributed by atoms with van der Waals surface area (Å²) in [5, 5.41) is 9.44. The van der Waals surface area contributed by atoms with Gasteiger partial charge in [-0.1, -0.05) is 6.07 Å². The summed E-state index contributed by atoms with van der Waals surface area (Å²) < 4.78 is 4.92. The van der Waals surface area contributed by atoms with E-state index in [9.17, 15) is 9.90 Å². The molecule has 0 atom stereocenters. The molecule has 1 N–H and O–H groups in total. The maximum atomic E-state index is 9.98. The van der Waals surface area contributed by atoms with Crippen molar-refractivity contribution < 1.29 is 14.6 Å². The van der Waals surface area contributed by atoms with Crippen LogP contribution in [0.4, 0.5) is 0 Å². The molecule has 0 aliphatic carbocycles. The average molecular weight is 179 g/mol. The largest absolute Gasteiger partial charge is 0.508 e. The number of benzene rings is 1. The maximum Gasteiger partial charge on any atom is 0.198 e. The van der Waals surface area contributed by atoms with Crippen molar-refractivity contribution in [3.05, 3.63) is 23.8 Å². The molecule has 0 fully saturated rings. The lowest BCUT2D eigenvalue weighted by Crippen LogP contribution is -1.88. The molecule has 1 rings (SSSR count). The van der Waals surface area contributed by atoms with Crippen LogP contribution in [0.25, 0.3) is 0 Å². The van der Waals surface area contributed by atoms with Crippen molar-refractivity contribution in [3.63, 3.8) is 0 Å². The van der Waals surface area contributed by atoms with Gasteiger partial charge in [-0.25, -0.2) is 0 Å². The second-order valence-electron chi connectivity index (χ2n) is 2.64. The van der Waals surface area contributed by atoms with E-state index in [1.165, 1.54) is 13.2 Å². The average Bonchev–Trinajstić information content (AvgIpc) is 2.16. The molecule has 0 heterocycles. The summed E-state index contributed by atoms with van der Waals surface area (Å²) >= 11 is 0. The standard InChI is InChI=1S/C10H11O3/c1-13-9-5-4-8(3-2-6-11)10(12)7-9/h4-5,7,12H,2-3H2,1H3. The Labute approximate surface area is 77.0 Å². The highest BCUT2D eigenvalue weighted by atomic mass is 16.5. The van der Waals surface area contributed by atoms with E-state index in [0.29, 0.717) is 18.6 Å². The number of phenolic OH excluding ortho intramolecular Hbond substituents is 1. The van der Waals surface area contributed by atoms with Gasteiger partial charge in [0.15, 0.2) is 6.29 Å². The van der Waals surface area contributed by atoms with Crippen molar-refractivity contribution in [1.29, 1.82) is 0 Å². The Kier molecular flexibility index (Phi) is 3.31. The van der Waals surface area contributed by atoms with Gasteiger partial charge >= 0.3 is 0 Å². The monoisotopic (exact) mass is 179 g/mol. The van der Waals surface area contributed by atoms with Crippen LogP contribution in [-0.4, -0.2) is 18.5 Å². The van der Waals surface area contributed by atoms with Crippen LogP contribution in [0.1, 0.15) is 12.0 Å². The van der Waals surface area contributed by atoms with Crippen LogP contribution in [0.5, 0.6) is 11.5 Å². The summed E-state index contributed by atoms with van der Waals surface area (Å²) in [6.45, 7) is 0. The van der Waals surface area contributed by atoms with Gasteiger partial charge in [-0.2, -0.15) is 0 Å². The Morgan fingerprint density at radius 3 is 2.85 bits per heavy atom. The molecule has 3 heteroatoms. The van der Waals surface area contributed by atoms with Gasteiger partial charge in [0.2, 0.25) is 0 Å². The van der Waals surface area contributed by atoms with Gasteiger partial charge in [-0.15, -0.1) is 0 Å². The molecule has 0 unspecified atom stereocenters. The molecule has 0 saturated carbocycles. The fraction of sp³-hybridized carbons (Fsp3) is 0.300. The number of aromatic hydroxyl groups is 1. The number of methoxy groups -OCH3 is 1. The Morgan fingerprint density at radius 1 is 1.54 bits per heavy atom. The third kappa shape index (κ3) is 2.47. The van der Waals surface area contributed by atoms with Crippen molar-refractivity contribution >= 4 is 6.29 Å². The quantitative estimate of drug-likeness (QED) is 0.760. The highest BCUT2D eigenvalue weighted by molar-refractivity contribution is 5.52. The van der Waals surface area contributed by atoms with Crippen LogP contribution in [0.3, 0.4) is 0 Å². The van der Waals surface area contributed by atoms with Crippen LogP contribution < -0.4 is 4.74 Å². The fourth-order valence-electron chi connectivity index (χ4n) is 1.07. The van der Waals surface area contributed by atoms with Gasteiger partial charge in [-0.05, 0) is 18.1 Å². The third-order valence-electron chi connectivity index (χ3n) is 1.79. The molecule has 69 valence electrons. The minimum absolute atomic E-state index is 0.162. The van der Waals surface area contributed by atoms with Crippen molar-refractivity contribution in [2.24, 2.45) is 0 Å². The lowest BCUT2D eigenvalue weighted by Gasteiger charge is -2.04. The Bertz CT molecular complexity index is 294. The van der Waals surface area contributed by atoms with Crippen LogP contribution in [0, 0.1) is 0 Å². The van der Waals surface area contributed by atoms with E-state index in [2.05, 4.69) is 0 Å². The number of ether oxygens (including phenoxy) is 1. The summed E-state index contributed by atoms with van der Waals surface area (Å²) in [7, 11) is 1.54. The molecule has 13 heavy (non-hydrogen) atoms. The molecule has 0 aliphatic heterocycles. The molecule has 1 aromatic rings. The first-order chi connectivity index (χ1) is 6.27. The first-order valence-corrected chi connectivity index (χ1v) is 3.99. The van der Waals surface area contributed by atoms with Gasteiger partial charge < -0.3 is 9.84 Å². The van der Waals surface area contributed by atoms with Gasteiger partial charge in [-0.3, -0.25) is 4.79 Å². The van der Waals surface area contributed by atoms with Crippen LogP contribution in [0.15, 0.2) is 18.2 Å². The van der Waals surface area contributed by atoms with Gasteiger partial charge in [0.25, 0.3) is 0 Å². The molecule has 0 spiro atoms. The predicted octanol–water partition coefficient (Wildman–Crippen LogP) is 1.44. The van der Waals surface area contributed by atoms with Crippen molar-refractivity contribution in [3.8, 4) is 11.5 Å². The van der Waals surface area contributed by atoms with Crippen molar-refractivity contribution in [2.45, 2.75) is 12.8 Å². The topological polar surface area (TPSA) is 46.5 Å². The van der Waals surface area contributed by atoms with Crippen LogP contribution in [-0.2, 0) is 11.2 Å². The van der Waals surface area contributed by atoms with Gasteiger partial charge in [0.1, 0.15) is 11.5 Å². The number of aryl methyl sites for hydroxylation is 1. The number of hydrogen-bond donors (Lipinski definition) is 1. The zero-order chi connectivity index (χ0) is 9.68. The molecule has 1 aromatic carbocycles. The Hall–Kier alpha value is -1.51. The summed E-state index contributed by atoms with van der Waals surface area (Å²) in [6, 6.07) is 5.02. The second-order valence-corrected chi connectivity index (χ2v) is 2.64. The fourth-order valence-corrected chi connectivity index (χ4v) is 1.07. The SMILES string of the molecule is COc1ccc(CC[C]=O)c(O)c1. The van der Waals surface area contributed by atoms with E-state index in [1.807, 2.05) is 0 Å². The van der Waals surface area contributed by atoms with Crippen molar-refractivity contribution in [1.82, 2.24) is 0 Å². The van der Waals surface area contributed by atoms with Gasteiger partial charge in [0, 0.05) is 12.5 Å². The second kappa shape index (κ2) is 4.50. The van der Waals surface area contributed by atoms with E-state index in [1.54, 1.807) is 18.4 Å². The molecule has 0 saturated heterocycles. The minimum atomic E-state index is 0.162. The summed E-state index contributed by atoms with van der Waals surface area (Å²) in [4.78, 5) is 9.98. The van der Waals surface area contributed by atoms with E-state index in [4.69, 9.17) is 4.74 Å². The molecule has 0 aromatic heterocycles. The molecule has 1 radical (unpaired) electrons. The van der Waals surface area contributed by atoms with E-state index >= 15 is 0 Å². The maximum absolute atomic E-state index is 9.98. The van der Waals surface area contributed by atoms with E-state index < -0.39 is 0 Å². The summed E-state index contributed by atoms with van der Waals surface area (Å²) in [5.41, 5.74) is 0.740. The first kappa shape index (κ1) is 9.58. The lowest BCUT2D eigenvalue weighted by molar-refractivity contribution is 0.406. The lowest BCUT2D eigenvalue weighted by atomic mass is 10.1. The van der Waals surface area contributed by atoms with Crippen molar-refractivity contribution in [2.75, 3.05) is 7.11 Å². The zero-order valence-electron chi connectivity index (χ0n) is 7.41. The number of hydrogen-bond acceptors (Lipinski definition) is 3. The number of rotatable bonds is 4. The van der Waals surface area contributed by atoms with E-state index in [-0.39, 0.29) is 5.75 Å². The number of carbonyl (C=O) groups excluding carboxylic acids is 1. The molecular weight excluding hydrogens is 168 g/mol. The zero-order valence-corrected chi connectivity index (χ0v) is 7.41. The number of phenols is 1. The molecule has 0 aliphatic rings. The molecule has 3 nitrogen and oxygen atoms in total. The highest BCUT2D eigenvalue weighted by Gasteiger charge is 2.02. The molecular formula is C10H11O3. The normalized spacial score (nSPS) is 9.62. The van der Waals surface area contributed by atoms with Crippen LogP contribution in [0.2, 0.25) is 0 Å². The summed E-state index contributed by atoms with van der Waals surface area (Å²) in [6.07, 6.45) is 2.60. The minimum Gasteiger partial charge on any atom is -0.508 e.